The van der Waals surface area contributed by atoms with Crippen LogP contribution in [0.5, 0.6) is 11.5 Å². The van der Waals surface area contributed by atoms with Gasteiger partial charge >= 0.3 is 12.2 Å². The Morgan fingerprint density at radius 3 is 2.41 bits per heavy atom. The molecule has 8 heteroatoms. The van der Waals surface area contributed by atoms with E-state index in [0.29, 0.717) is 29.3 Å². The van der Waals surface area contributed by atoms with E-state index in [4.69, 9.17) is 18.9 Å². The standard InChI is InChI=1S/C33H46N2O6/c1-22(2)27-16-14-23(3)18-30(27)41-33(37)35-28(20-34-32(36)39-21-24-10-6-5-7-11-24)25-15-17-29(38-4)31(19-25)40-26-12-8-9-13-26/h5-7,10-11,15,17,19,22-23,26-28,30H,8-9,12-14,16,18,20-21H2,1-4H3,(H,34,36)(H,35,37)/t23?,27?,28-,30?/m0/s1. The third-order valence-electron chi connectivity index (χ3n) is 8.36. The second kappa shape index (κ2) is 15.0. The van der Waals surface area contributed by atoms with Crippen LogP contribution in [-0.2, 0) is 16.1 Å². The van der Waals surface area contributed by atoms with Crippen molar-refractivity contribution in [3.05, 3.63) is 59.7 Å². The first-order valence-electron chi connectivity index (χ1n) is 15.1. The number of nitrogens with one attached hydrogen (secondary N) is 2. The molecular formula is C33H46N2O6. The van der Waals surface area contributed by atoms with Crippen LogP contribution >= 0.6 is 0 Å². The summed E-state index contributed by atoms with van der Waals surface area (Å²) in [6.07, 6.45) is 6.31. The van der Waals surface area contributed by atoms with E-state index in [1.807, 2.05) is 48.5 Å². The molecule has 2 aliphatic rings. The number of hydrogen-bond acceptors (Lipinski definition) is 6. The zero-order valence-corrected chi connectivity index (χ0v) is 24.9. The second-order valence-corrected chi connectivity index (χ2v) is 11.8. The molecule has 0 radical (unpaired) electrons. The number of ether oxygens (including phenoxy) is 4. The first-order valence-corrected chi connectivity index (χ1v) is 15.1. The highest BCUT2D eigenvalue weighted by Gasteiger charge is 2.34. The number of carbonyl (C=O) groups excluding carboxylic acids is 2. The van der Waals surface area contributed by atoms with Crippen molar-refractivity contribution in [2.45, 2.75) is 90.6 Å². The van der Waals surface area contributed by atoms with E-state index in [9.17, 15) is 9.59 Å². The minimum Gasteiger partial charge on any atom is -0.493 e. The number of amides is 2. The minimum atomic E-state index is -0.567. The van der Waals surface area contributed by atoms with Gasteiger partial charge in [-0.15, -0.1) is 0 Å². The Hall–Kier alpha value is -3.42. The summed E-state index contributed by atoms with van der Waals surface area (Å²) in [5, 5.41) is 5.83. The summed E-state index contributed by atoms with van der Waals surface area (Å²) < 4.78 is 23.3. The fourth-order valence-electron chi connectivity index (χ4n) is 5.96. The highest BCUT2D eigenvalue weighted by atomic mass is 16.6. The Balaban J connectivity index is 1.47. The lowest BCUT2D eigenvalue weighted by atomic mass is 9.75. The van der Waals surface area contributed by atoms with Crippen molar-refractivity contribution in [3.8, 4) is 11.5 Å². The first kappa shape index (κ1) is 30.5. The van der Waals surface area contributed by atoms with Crippen molar-refractivity contribution in [2.24, 2.45) is 17.8 Å². The predicted molar refractivity (Wildman–Crippen MR) is 158 cm³/mol. The van der Waals surface area contributed by atoms with Crippen LogP contribution in [0.4, 0.5) is 9.59 Å². The molecular weight excluding hydrogens is 520 g/mol. The Morgan fingerprint density at radius 2 is 1.71 bits per heavy atom. The average Bonchev–Trinajstić information content (AvgIpc) is 3.47. The fourth-order valence-corrected chi connectivity index (χ4v) is 5.96. The molecule has 2 fully saturated rings. The zero-order chi connectivity index (χ0) is 29.2. The van der Waals surface area contributed by atoms with Gasteiger partial charge in [0, 0.05) is 6.54 Å². The highest BCUT2D eigenvalue weighted by Crippen LogP contribution is 2.36. The maximum Gasteiger partial charge on any atom is 0.407 e. The van der Waals surface area contributed by atoms with Gasteiger partial charge in [-0.1, -0.05) is 63.6 Å². The molecule has 0 aliphatic heterocycles. The second-order valence-electron chi connectivity index (χ2n) is 11.8. The van der Waals surface area contributed by atoms with Gasteiger partial charge in [0.25, 0.3) is 0 Å². The number of hydrogen-bond donors (Lipinski definition) is 2. The van der Waals surface area contributed by atoms with Crippen molar-refractivity contribution >= 4 is 12.2 Å². The topological polar surface area (TPSA) is 95.1 Å². The molecule has 4 rings (SSSR count). The molecule has 2 N–H and O–H groups in total. The van der Waals surface area contributed by atoms with Gasteiger partial charge in [0.2, 0.25) is 0 Å². The molecule has 0 heterocycles. The Bertz CT molecular complexity index is 1120. The summed E-state index contributed by atoms with van der Waals surface area (Å²) in [5.41, 5.74) is 1.67. The number of methoxy groups -OCH3 is 1. The van der Waals surface area contributed by atoms with Crippen molar-refractivity contribution in [2.75, 3.05) is 13.7 Å². The van der Waals surface area contributed by atoms with Gasteiger partial charge < -0.3 is 29.6 Å². The molecule has 2 aromatic rings. The van der Waals surface area contributed by atoms with Crippen molar-refractivity contribution in [1.29, 1.82) is 0 Å². The van der Waals surface area contributed by atoms with E-state index < -0.39 is 18.2 Å². The summed E-state index contributed by atoms with van der Waals surface area (Å²) >= 11 is 0. The van der Waals surface area contributed by atoms with Crippen LogP contribution < -0.4 is 20.1 Å². The third-order valence-corrected chi connectivity index (χ3v) is 8.36. The molecule has 0 bridgehead atoms. The molecule has 224 valence electrons. The molecule has 0 aromatic heterocycles. The van der Waals surface area contributed by atoms with Gasteiger partial charge in [-0.25, -0.2) is 9.59 Å². The number of rotatable bonds is 11. The molecule has 0 saturated heterocycles. The van der Waals surface area contributed by atoms with Crippen molar-refractivity contribution in [1.82, 2.24) is 10.6 Å². The quantitative estimate of drug-likeness (QED) is 0.299. The molecule has 0 spiro atoms. The van der Waals surface area contributed by atoms with Crippen LogP contribution in [0.1, 0.15) is 82.9 Å². The average molecular weight is 567 g/mol. The van der Waals surface area contributed by atoms with Crippen LogP contribution in [-0.4, -0.2) is 38.0 Å². The van der Waals surface area contributed by atoms with Gasteiger partial charge in [0.1, 0.15) is 12.7 Å². The van der Waals surface area contributed by atoms with Crippen LogP contribution in [0.2, 0.25) is 0 Å². The van der Waals surface area contributed by atoms with Gasteiger partial charge in [-0.2, -0.15) is 0 Å². The number of carbonyl (C=O) groups is 2. The van der Waals surface area contributed by atoms with Crippen LogP contribution in [0.15, 0.2) is 48.5 Å². The lowest BCUT2D eigenvalue weighted by molar-refractivity contribution is 0.00487. The summed E-state index contributed by atoms with van der Waals surface area (Å²) in [5.74, 6) is 2.53. The summed E-state index contributed by atoms with van der Waals surface area (Å²) in [7, 11) is 1.62. The Labute approximate surface area is 244 Å². The predicted octanol–water partition coefficient (Wildman–Crippen LogP) is 7.17. The summed E-state index contributed by atoms with van der Waals surface area (Å²) in [4.78, 5) is 25.9. The smallest absolute Gasteiger partial charge is 0.407 e. The molecule has 4 atom stereocenters. The van der Waals surface area contributed by atoms with Crippen molar-refractivity contribution < 1.29 is 28.5 Å². The maximum absolute atomic E-state index is 13.3. The van der Waals surface area contributed by atoms with E-state index in [-0.39, 0.29) is 25.4 Å². The lowest BCUT2D eigenvalue weighted by Crippen LogP contribution is -2.42. The lowest BCUT2D eigenvalue weighted by Gasteiger charge is -2.37. The van der Waals surface area contributed by atoms with Gasteiger partial charge in [0.05, 0.1) is 19.3 Å². The van der Waals surface area contributed by atoms with E-state index in [2.05, 4.69) is 31.4 Å². The monoisotopic (exact) mass is 566 g/mol. The van der Waals surface area contributed by atoms with Gasteiger partial charge in [-0.05, 0) is 79.5 Å². The van der Waals surface area contributed by atoms with E-state index in [1.165, 1.54) is 0 Å². The Morgan fingerprint density at radius 1 is 0.951 bits per heavy atom. The van der Waals surface area contributed by atoms with E-state index in [1.54, 1.807) is 7.11 Å². The molecule has 3 unspecified atom stereocenters. The van der Waals surface area contributed by atoms with Crippen molar-refractivity contribution in [3.63, 3.8) is 0 Å². The summed E-state index contributed by atoms with van der Waals surface area (Å²) in [6, 6.07) is 14.5. The van der Waals surface area contributed by atoms with E-state index >= 15 is 0 Å². The SMILES string of the molecule is COc1ccc([C@H](CNC(=O)OCc2ccccc2)NC(=O)OC2CC(C)CCC2C(C)C)cc1OC1CCCC1. The number of alkyl carbamates (subject to hydrolysis) is 2. The largest absolute Gasteiger partial charge is 0.493 e. The fraction of sp³-hybridized carbons (Fsp3) is 0.576. The molecule has 41 heavy (non-hydrogen) atoms. The van der Waals surface area contributed by atoms with Crippen LogP contribution in [0, 0.1) is 17.8 Å². The number of benzene rings is 2. The molecule has 2 saturated carbocycles. The van der Waals surface area contributed by atoms with Crippen LogP contribution in [0.25, 0.3) is 0 Å². The zero-order valence-electron chi connectivity index (χ0n) is 24.9. The molecule has 8 nitrogen and oxygen atoms in total. The van der Waals surface area contributed by atoms with Gasteiger partial charge in [0.15, 0.2) is 11.5 Å². The highest BCUT2D eigenvalue weighted by molar-refractivity contribution is 5.69. The normalized spacial score (nSPS) is 21.6. The van der Waals surface area contributed by atoms with Gasteiger partial charge in [-0.3, -0.25) is 0 Å². The maximum atomic E-state index is 13.3. The molecule has 2 amide bonds. The third kappa shape index (κ3) is 9.03. The van der Waals surface area contributed by atoms with Crippen LogP contribution in [0.3, 0.4) is 0 Å². The Kier molecular flexibility index (Phi) is 11.2. The summed E-state index contributed by atoms with van der Waals surface area (Å²) in [6.45, 7) is 6.86. The molecule has 2 aromatic carbocycles. The minimum absolute atomic E-state index is 0.118. The van der Waals surface area contributed by atoms with E-state index in [0.717, 1.165) is 56.1 Å². The first-order chi connectivity index (χ1) is 19.8. The molecule has 2 aliphatic carbocycles.